The first-order chi connectivity index (χ1) is 17.0. The minimum atomic E-state index is -0.392. The van der Waals surface area contributed by atoms with E-state index < -0.39 is 6.10 Å². The molecule has 190 valence electrons. The van der Waals surface area contributed by atoms with Crippen LogP contribution in [0.15, 0.2) is 72.8 Å². The number of hydrogen-bond donors (Lipinski definition) is 0. The smallest absolute Gasteiger partial charge is 0.338 e. The van der Waals surface area contributed by atoms with Crippen molar-refractivity contribution in [2.75, 3.05) is 0 Å². The van der Waals surface area contributed by atoms with Gasteiger partial charge in [0.05, 0.1) is 11.1 Å². The van der Waals surface area contributed by atoms with Crippen molar-refractivity contribution in [3.8, 4) is 0 Å². The van der Waals surface area contributed by atoms with Crippen molar-refractivity contribution >= 4 is 11.9 Å². The van der Waals surface area contributed by atoms with Crippen LogP contribution in [-0.4, -0.2) is 24.1 Å². The SMILES string of the molecule is CCCCCC=CC(C)CC(OC(=O)c1ccccc1)C(CCC)C(C)OC(=O)c1ccccc1. The zero-order chi connectivity index (χ0) is 25.5. The van der Waals surface area contributed by atoms with Gasteiger partial charge in [0.1, 0.15) is 12.2 Å². The standard InChI is InChI=1S/C31H42O4/c1-5-7-8-9-12-18-24(3)23-29(35-31(33)27-21-15-11-16-22-27)28(17-6-2)25(4)34-30(32)26-19-13-10-14-20-26/h10-16,18-22,24-25,28-29H,5-9,17,23H2,1-4H3. The number of benzene rings is 2. The van der Waals surface area contributed by atoms with Crippen molar-refractivity contribution in [3.63, 3.8) is 0 Å². The van der Waals surface area contributed by atoms with Crippen LogP contribution in [-0.2, 0) is 9.47 Å². The molecular formula is C31H42O4. The summed E-state index contributed by atoms with van der Waals surface area (Å²) in [4.78, 5) is 25.7. The summed E-state index contributed by atoms with van der Waals surface area (Å²) in [6.45, 7) is 8.38. The molecule has 0 aliphatic heterocycles. The molecule has 0 heterocycles. The van der Waals surface area contributed by atoms with E-state index in [9.17, 15) is 9.59 Å². The fourth-order valence-electron chi connectivity index (χ4n) is 4.33. The third kappa shape index (κ3) is 10.1. The Morgan fingerprint density at radius 1 is 0.800 bits per heavy atom. The molecule has 2 aromatic rings. The average Bonchev–Trinajstić information content (AvgIpc) is 2.87. The van der Waals surface area contributed by atoms with Gasteiger partial charge in [-0.15, -0.1) is 0 Å². The molecule has 0 saturated heterocycles. The van der Waals surface area contributed by atoms with E-state index in [1.807, 2.05) is 43.3 Å². The summed E-state index contributed by atoms with van der Waals surface area (Å²) in [5, 5.41) is 0. The molecule has 4 atom stereocenters. The van der Waals surface area contributed by atoms with E-state index in [1.54, 1.807) is 24.3 Å². The van der Waals surface area contributed by atoms with Crippen LogP contribution in [0.25, 0.3) is 0 Å². The van der Waals surface area contributed by atoms with Gasteiger partial charge in [-0.25, -0.2) is 9.59 Å². The van der Waals surface area contributed by atoms with Crippen molar-refractivity contribution in [1.82, 2.24) is 0 Å². The predicted molar refractivity (Wildman–Crippen MR) is 142 cm³/mol. The zero-order valence-corrected chi connectivity index (χ0v) is 21.8. The molecule has 0 aliphatic carbocycles. The molecular weight excluding hydrogens is 436 g/mol. The minimum absolute atomic E-state index is 0.101. The molecule has 0 bridgehead atoms. The van der Waals surface area contributed by atoms with E-state index in [1.165, 1.54) is 19.3 Å². The van der Waals surface area contributed by atoms with Crippen LogP contribution in [0.5, 0.6) is 0 Å². The number of ether oxygens (including phenoxy) is 2. The number of hydrogen-bond acceptors (Lipinski definition) is 4. The van der Waals surface area contributed by atoms with Crippen molar-refractivity contribution in [2.45, 2.75) is 84.8 Å². The lowest BCUT2D eigenvalue weighted by atomic mass is 9.86. The number of rotatable bonds is 15. The van der Waals surface area contributed by atoms with Crippen LogP contribution in [0, 0.1) is 11.8 Å². The summed E-state index contributed by atoms with van der Waals surface area (Å²) >= 11 is 0. The second-order valence-electron chi connectivity index (χ2n) is 9.38. The fraction of sp³-hybridized carbons (Fsp3) is 0.484. The first-order valence-electron chi connectivity index (χ1n) is 13.1. The molecule has 0 fully saturated rings. The number of carbonyl (C=O) groups excluding carboxylic acids is 2. The van der Waals surface area contributed by atoms with Crippen molar-refractivity contribution in [2.24, 2.45) is 11.8 Å². The largest absolute Gasteiger partial charge is 0.459 e. The van der Waals surface area contributed by atoms with Gasteiger partial charge in [-0.3, -0.25) is 0 Å². The molecule has 2 aromatic carbocycles. The third-order valence-corrected chi connectivity index (χ3v) is 6.32. The topological polar surface area (TPSA) is 52.6 Å². The summed E-state index contributed by atoms with van der Waals surface area (Å²) in [5.41, 5.74) is 1.06. The fourth-order valence-corrected chi connectivity index (χ4v) is 4.33. The predicted octanol–water partition coefficient (Wildman–Crippen LogP) is 8.04. The quantitative estimate of drug-likeness (QED) is 0.148. The molecule has 4 heteroatoms. The Morgan fingerprint density at radius 2 is 1.37 bits per heavy atom. The van der Waals surface area contributed by atoms with Crippen LogP contribution in [0.4, 0.5) is 0 Å². The molecule has 4 unspecified atom stereocenters. The highest BCUT2D eigenvalue weighted by Gasteiger charge is 2.33. The highest BCUT2D eigenvalue weighted by atomic mass is 16.6. The summed E-state index contributed by atoms with van der Waals surface area (Å²) in [7, 11) is 0. The van der Waals surface area contributed by atoms with Gasteiger partial charge < -0.3 is 9.47 Å². The molecule has 0 N–H and O–H groups in total. The number of carbonyl (C=O) groups is 2. The maximum absolute atomic E-state index is 13.0. The lowest BCUT2D eigenvalue weighted by Crippen LogP contribution is -2.37. The summed E-state index contributed by atoms with van der Waals surface area (Å²) in [6, 6.07) is 18.1. The van der Waals surface area contributed by atoms with Gasteiger partial charge in [-0.2, -0.15) is 0 Å². The van der Waals surface area contributed by atoms with Gasteiger partial charge in [0, 0.05) is 5.92 Å². The highest BCUT2D eigenvalue weighted by molar-refractivity contribution is 5.90. The second-order valence-corrected chi connectivity index (χ2v) is 9.38. The molecule has 0 radical (unpaired) electrons. The average molecular weight is 479 g/mol. The van der Waals surface area contributed by atoms with Crippen molar-refractivity contribution in [3.05, 3.63) is 83.9 Å². The Balaban J connectivity index is 2.18. The first-order valence-corrected chi connectivity index (χ1v) is 13.1. The van der Waals surface area contributed by atoms with Gasteiger partial charge in [-0.1, -0.05) is 88.6 Å². The number of unbranched alkanes of at least 4 members (excludes halogenated alkanes) is 3. The van der Waals surface area contributed by atoms with E-state index in [2.05, 4.69) is 32.9 Å². The minimum Gasteiger partial charge on any atom is -0.459 e. The molecule has 0 amide bonds. The monoisotopic (exact) mass is 478 g/mol. The maximum atomic E-state index is 13.0. The Labute approximate surface area is 211 Å². The zero-order valence-electron chi connectivity index (χ0n) is 21.8. The van der Waals surface area contributed by atoms with Gasteiger partial charge in [0.25, 0.3) is 0 Å². The van der Waals surface area contributed by atoms with Crippen LogP contribution < -0.4 is 0 Å². The summed E-state index contributed by atoms with van der Waals surface area (Å²) in [5.74, 6) is -0.550. The van der Waals surface area contributed by atoms with Gasteiger partial charge >= 0.3 is 11.9 Å². The normalized spacial score (nSPS) is 14.7. The lowest BCUT2D eigenvalue weighted by Gasteiger charge is -2.32. The van der Waals surface area contributed by atoms with E-state index in [0.29, 0.717) is 17.5 Å². The lowest BCUT2D eigenvalue weighted by molar-refractivity contribution is -0.0351. The molecule has 35 heavy (non-hydrogen) atoms. The van der Waals surface area contributed by atoms with Crippen molar-refractivity contribution in [1.29, 1.82) is 0 Å². The van der Waals surface area contributed by atoms with Crippen LogP contribution in [0.3, 0.4) is 0 Å². The Bertz CT molecular complexity index is 891. The summed E-state index contributed by atoms with van der Waals surface area (Å²) < 4.78 is 12.0. The summed E-state index contributed by atoms with van der Waals surface area (Å²) in [6.07, 6.45) is 10.8. The van der Waals surface area contributed by atoms with Crippen LogP contribution in [0.2, 0.25) is 0 Å². The molecule has 2 rings (SSSR count). The molecule has 4 nitrogen and oxygen atoms in total. The van der Waals surface area contributed by atoms with Gasteiger partial charge in [0.2, 0.25) is 0 Å². The van der Waals surface area contributed by atoms with E-state index in [4.69, 9.17) is 9.47 Å². The Hall–Kier alpha value is -2.88. The van der Waals surface area contributed by atoms with Crippen LogP contribution in [0.1, 0.15) is 93.4 Å². The number of allylic oxidation sites excluding steroid dienone is 2. The Morgan fingerprint density at radius 3 is 1.91 bits per heavy atom. The third-order valence-electron chi connectivity index (χ3n) is 6.32. The molecule has 0 spiro atoms. The van der Waals surface area contributed by atoms with Crippen molar-refractivity contribution < 1.29 is 19.1 Å². The molecule has 0 aromatic heterocycles. The van der Waals surface area contributed by atoms with E-state index in [-0.39, 0.29) is 29.9 Å². The highest BCUT2D eigenvalue weighted by Crippen LogP contribution is 2.28. The maximum Gasteiger partial charge on any atom is 0.338 e. The first kappa shape index (κ1) is 28.4. The van der Waals surface area contributed by atoms with Gasteiger partial charge in [0.15, 0.2) is 0 Å². The van der Waals surface area contributed by atoms with E-state index in [0.717, 1.165) is 19.3 Å². The number of esters is 2. The van der Waals surface area contributed by atoms with Gasteiger partial charge in [-0.05, 0) is 62.8 Å². The van der Waals surface area contributed by atoms with E-state index >= 15 is 0 Å². The molecule has 0 aliphatic rings. The molecule has 0 saturated carbocycles. The van der Waals surface area contributed by atoms with Crippen LogP contribution >= 0.6 is 0 Å². The second kappa shape index (κ2) is 15.9. The Kier molecular flexibility index (Phi) is 12.9.